The summed E-state index contributed by atoms with van der Waals surface area (Å²) < 4.78 is 13.3. The van der Waals surface area contributed by atoms with E-state index in [1.54, 1.807) is 6.07 Å². The molecule has 0 aromatic heterocycles. The van der Waals surface area contributed by atoms with E-state index in [2.05, 4.69) is 13.0 Å². The molecule has 0 N–H and O–H groups in total. The third-order valence-electron chi connectivity index (χ3n) is 2.55. The van der Waals surface area contributed by atoms with E-state index in [-0.39, 0.29) is 5.82 Å². The fourth-order valence-electron chi connectivity index (χ4n) is 2.05. The Balaban J connectivity index is 2.52. The highest BCUT2D eigenvalue weighted by atomic mass is 19.1. The zero-order valence-corrected chi connectivity index (χ0v) is 7.52. The molecule has 0 fully saturated rings. The van der Waals surface area contributed by atoms with E-state index in [1.807, 2.05) is 6.92 Å². The van der Waals surface area contributed by atoms with Gasteiger partial charge in [-0.15, -0.1) is 0 Å². The van der Waals surface area contributed by atoms with Crippen molar-refractivity contribution >= 4 is 0 Å². The maximum Gasteiger partial charge on any atom is 0.126 e. The predicted octanol–water partition coefficient (Wildman–Crippen LogP) is 2.87. The molecule has 64 valence electrons. The van der Waals surface area contributed by atoms with Crippen molar-refractivity contribution in [3.8, 4) is 0 Å². The summed E-state index contributed by atoms with van der Waals surface area (Å²) in [5.41, 5.74) is 3.22. The minimum Gasteiger partial charge on any atom is -0.207 e. The molecule has 1 aromatic rings. The summed E-state index contributed by atoms with van der Waals surface area (Å²) in [5, 5.41) is 0. The third kappa shape index (κ3) is 1.13. The topological polar surface area (TPSA) is 0 Å². The maximum absolute atomic E-state index is 13.3. The number of hydrogen-bond donors (Lipinski definition) is 0. The van der Waals surface area contributed by atoms with Crippen LogP contribution >= 0.6 is 0 Å². The summed E-state index contributed by atoms with van der Waals surface area (Å²) in [6.07, 6.45) is 1.97. The summed E-state index contributed by atoms with van der Waals surface area (Å²) in [6.45, 7) is 4.13. The zero-order valence-electron chi connectivity index (χ0n) is 7.52. The largest absolute Gasteiger partial charge is 0.207 e. The van der Waals surface area contributed by atoms with Crippen molar-refractivity contribution in [1.82, 2.24) is 0 Å². The van der Waals surface area contributed by atoms with Crippen LogP contribution in [0.2, 0.25) is 0 Å². The second-order valence-electron chi connectivity index (χ2n) is 3.90. The monoisotopic (exact) mass is 164 g/mol. The second kappa shape index (κ2) is 2.58. The van der Waals surface area contributed by atoms with Gasteiger partial charge in [0.25, 0.3) is 0 Å². The van der Waals surface area contributed by atoms with Crippen molar-refractivity contribution in [3.05, 3.63) is 34.6 Å². The van der Waals surface area contributed by atoms with Gasteiger partial charge in [0.2, 0.25) is 0 Å². The lowest BCUT2D eigenvalue weighted by Crippen LogP contribution is -1.91. The molecule has 0 amide bonds. The fraction of sp³-hybridized carbons (Fsp3) is 0.455. The minimum absolute atomic E-state index is 0.00523. The average Bonchev–Trinajstić information content (AvgIpc) is 2.29. The maximum atomic E-state index is 13.3. The lowest BCUT2D eigenvalue weighted by Gasteiger charge is -2.01. The number of hydrogen-bond acceptors (Lipinski definition) is 0. The van der Waals surface area contributed by atoms with Crippen LogP contribution in [0.25, 0.3) is 0 Å². The van der Waals surface area contributed by atoms with Crippen LogP contribution in [0.4, 0.5) is 4.39 Å². The zero-order chi connectivity index (χ0) is 8.72. The van der Waals surface area contributed by atoms with Crippen molar-refractivity contribution in [1.29, 1.82) is 0 Å². The molecule has 1 unspecified atom stereocenters. The highest BCUT2D eigenvalue weighted by Gasteiger charge is 2.20. The van der Waals surface area contributed by atoms with Gasteiger partial charge < -0.3 is 0 Å². The molecule has 0 bridgehead atoms. The second-order valence-corrected chi connectivity index (χ2v) is 3.90. The van der Waals surface area contributed by atoms with Gasteiger partial charge >= 0.3 is 0 Å². The Morgan fingerprint density at radius 1 is 1.33 bits per heavy atom. The van der Waals surface area contributed by atoms with Crippen molar-refractivity contribution in [2.45, 2.75) is 26.7 Å². The molecule has 0 aliphatic heterocycles. The predicted molar refractivity (Wildman–Crippen MR) is 47.7 cm³/mol. The molecule has 1 aliphatic rings. The van der Waals surface area contributed by atoms with Crippen molar-refractivity contribution < 1.29 is 4.39 Å². The average molecular weight is 164 g/mol. The van der Waals surface area contributed by atoms with Gasteiger partial charge in [-0.25, -0.2) is 4.39 Å². The lowest BCUT2D eigenvalue weighted by molar-refractivity contribution is 0.586. The SMILES string of the molecule is Cc1cc(F)c2c(c1)CC(C)C2. The first-order valence-electron chi connectivity index (χ1n) is 4.44. The van der Waals surface area contributed by atoms with Crippen LogP contribution in [0.1, 0.15) is 23.6 Å². The molecular formula is C11H13F. The van der Waals surface area contributed by atoms with Gasteiger partial charge in [0, 0.05) is 0 Å². The Morgan fingerprint density at radius 2 is 2.08 bits per heavy atom. The Hall–Kier alpha value is -0.850. The van der Waals surface area contributed by atoms with E-state index in [0.717, 1.165) is 24.0 Å². The van der Waals surface area contributed by atoms with Gasteiger partial charge in [-0.2, -0.15) is 0 Å². The summed E-state index contributed by atoms with van der Waals surface area (Å²) in [6, 6.07) is 3.75. The smallest absolute Gasteiger partial charge is 0.126 e. The Bertz CT molecular complexity index is 315. The number of benzene rings is 1. The molecule has 0 saturated carbocycles. The van der Waals surface area contributed by atoms with Gasteiger partial charge in [-0.3, -0.25) is 0 Å². The van der Waals surface area contributed by atoms with Crippen LogP contribution in [-0.2, 0) is 12.8 Å². The van der Waals surface area contributed by atoms with Crippen LogP contribution in [0.5, 0.6) is 0 Å². The van der Waals surface area contributed by atoms with Crippen LogP contribution in [0.3, 0.4) is 0 Å². The molecule has 1 atom stereocenters. The molecule has 12 heavy (non-hydrogen) atoms. The minimum atomic E-state index is -0.00523. The van der Waals surface area contributed by atoms with Gasteiger partial charge in [-0.05, 0) is 48.4 Å². The molecule has 1 aromatic carbocycles. The Morgan fingerprint density at radius 3 is 2.83 bits per heavy atom. The molecule has 1 aliphatic carbocycles. The van der Waals surface area contributed by atoms with E-state index < -0.39 is 0 Å². The molecule has 0 radical (unpaired) electrons. The standard InChI is InChI=1S/C11H13F/c1-7-3-9-4-8(2)6-11(12)10(9)5-7/h4,6-7H,3,5H2,1-2H3. The first kappa shape index (κ1) is 7.78. The van der Waals surface area contributed by atoms with E-state index in [1.165, 1.54) is 5.56 Å². The van der Waals surface area contributed by atoms with E-state index in [4.69, 9.17) is 0 Å². The van der Waals surface area contributed by atoms with Crippen LogP contribution in [0, 0.1) is 18.7 Å². The summed E-state index contributed by atoms with van der Waals surface area (Å²) in [7, 11) is 0. The molecular weight excluding hydrogens is 151 g/mol. The van der Waals surface area contributed by atoms with Crippen molar-refractivity contribution in [2.75, 3.05) is 0 Å². The van der Waals surface area contributed by atoms with E-state index in [0.29, 0.717) is 5.92 Å². The summed E-state index contributed by atoms with van der Waals surface area (Å²) in [4.78, 5) is 0. The Kier molecular flexibility index (Phi) is 1.67. The Labute approximate surface area is 72.4 Å². The molecule has 2 rings (SSSR count). The lowest BCUT2D eigenvalue weighted by atomic mass is 10.1. The molecule has 1 heteroatoms. The van der Waals surface area contributed by atoms with E-state index in [9.17, 15) is 4.39 Å². The van der Waals surface area contributed by atoms with Crippen LogP contribution < -0.4 is 0 Å². The van der Waals surface area contributed by atoms with Gasteiger partial charge in [-0.1, -0.05) is 13.0 Å². The molecule has 0 spiro atoms. The third-order valence-corrected chi connectivity index (χ3v) is 2.55. The molecule has 0 saturated heterocycles. The highest BCUT2D eigenvalue weighted by Crippen LogP contribution is 2.29. The molecule has 0 nitrogen and oxygen atoms in total. The van der Waals surface area contributed by atoms with Gasteiger partial charge in [0.05, 0.1) is 0 Å². The van der Waals surface area contributed by atoms with Crippen LogP contribution in [-0.4, -0.2) is 0 Å². The van der Waals surface area contributed by atoms with Gasteiger partial charge in [0.1, 0.15) is 5.82 Å². The van der Waals surface area contributed by atoms with Crippen molar-refractivity contribution in [3.63, 3.8) is 0 Å². The fourth-order valence-corrected chi connectivity index (χ4v) is 2.05. The summed E-state index contributed by atoms with van der Waals surface area (Å²) >= 11 is 0. The van der Waals surface area contributed by atoms with Crippen molar-refractivity contribution in [2.24, 2.45) is 5.92 Å². The number of fused-ring (bicyclic) bond motifs is 1. The number of rotatable bonds is 0. The summed E-state index contributed by atoms with van der Waals surface area (Å²) in [5.74, 6) is 0.616. The number of halogens is 1. The van der Waals surface area contributed by atoms with Gasteiger partial charge in [0.15, 0.2) is 0 Å². The number of aryl methyl sites for hydroxylation is 1. The molecule has 0 heterocycles. The van der Waals surface area contributed by atoms with Crippen LogP contribution in [0.15, 0.2) is 12.1 Å². The quantitative estimate of drug-likeness (QED) is 0.553. The highest BCUT2D eigenvalue weighted by molar-refractivity contribution is 5.36. The normalized spacial score (nSPS) is 21.1. The first-order chi connectivity index (χ1) is 5.66. The first-order valence-corrected chi connectivity index (χ1v) is 4.44. The van der Waals surface area contributed by atoms with E-state index >= 15 is 0 Å².